The molecule has 1 aromatic carbocycles. The van der Waals surface area contributed by atoms with Crippen LogP contribution in [0.5, 0.6) is 0 Å². The van der Waals surface area contributed by atoms with Crippen molar-refractivity contribution in [3.05, 3.63) is 29.8 Å². The highest BCUT2D eigenvalue weighted by atomic mass is 16.6. The Morgan fingerprint density at radius 2 is 2.06 bits per heavy atom. The zero-order valence-corrected chi connectivity index (χ0v) is 10.2. The molecule has 4 heteroatoms. The number of esters is 1. The van der Waals surface area contributed by atoms with Gasteiger partial charge in [0.05, 0.1) is 0 Å². The highest BCUT2D eigenvalue weighted by Gasteiger charge is 2.26. The minimum atomic E-state index is -0.649. The lowest BCUT2D eigenvalue weighted by molar-refractivity contribution is -0.155. The maximum absolute atomic E-state index is 11.8. The lowest BCUT2D eigenvalue weighted by atomic mass is 10.1. The number of carbonyl (C=O) groups excluding carboxylic acids is 1. The van der Waals surface area contributed by atoms with Crippen molar-refractivity contribution < 1.29 is 9.53 Å². The molecule has 0 saturated carbocycles. The van der Waals surface area contributed by atoms with Crippen LogP contribution in [0.3, 0.4) is 0 Å². The van der Waals surface area contributed by atoms with E-state index in [9.17, 15) is 4.79 Å². The number of aliphatic imine (C=N–C) groups is 1. The molecular formula is C13H16N2O2. The standard InChI is InChI=1S/C13H16N2O2/c1-13(2,3)17-12(16)11-14-8-9-6-4-5-7-10(9)15-11/h4-8,11,15H,1-3H3. The smallest absolute Gasteiger partial charge is 0.352 e. The maximum atomic E-state index is 11.8. The molecule has 0 aliphatic carbocycles. The van der Waals surface area contributed by atoms with Gasteiger partial charge in [-0.2, -0.15) is 0 Å². The van der Waals surface area contributed by atoms with E-state index in [0.717, 1.165) is 11.3 Å². The Labute approximate surface area is 101 Å². The first-order valence-electron chi connectivity index (χ1n) is 5.57. The van der Waals surface area contributed by atoms with Crippen molar-refractivity contribution >= 4 is 17.9 Å². The largest absolute Gasteiger partial charge is 0.457 e. The molecule has 90 valence electrons. The van der Waals surface area contributed by atoms with E-state index >= 15 is 0 Å². The normalized spacial score (nSPS) is 18.2. The topological polar surface area (TPSA) is 50.7 Å². The molecule has 2 rings (SSSR count). The molecule has 0 aromatic heterocycles. The summed E-state index contributed by atoms with van der Waals surface area (Å²) < 4.78 is 5.28. The van der Waals surface area contributed by atoms with Crippen LogP contribution in [0.15, 0.2) is 29.3 Å². The summed E-state index contributed by atoms with van der Waals surface area (Å²) in [4.78, 5) is 16.0. The van der Waals surface area contributed by atoms with E-state index in [0.29, 0.717) is 0 Å². The second-order valence-corrected chi connectivity index (χ2v) is 4.95. The van der Waals surface area contributed by atoms with Gasteiger partial charge in [-0.05, 0) is 26.8 Å². The Hall–Kier alpha value is -1.84. The highest BCUT2D eigenvalue weighted by Crippen LogP contribution is 2.20. The fourth-order valence-electron chi connectivity index (χ4n) is 1.56. The van der Waals surface area contributed by atoms with Crippen LogP contribution in [0.4, 0.5) is 5.69 Å². The Morgan fingerprint density at radius 1 is 1.35 bits per heavy atom. The fraction of sp³-hybridized carbons (Fsp3) is 0.385. The molecule has 0 fully saturated rings. The molecule has 1 aliphatic heterocycles. The van der Waals surface area contributed by atoms with Crippen molar-refractivity contribution in [3.63, 3.8) is 0 Å². The van der Waals surface area contributed by atoms with E-state index in [2.05, 4.69) is 10.3 Å². The summed E-state index contributed by atoms with van der Waals surface area (Å²) in [6, 6.07) is 7.70. The number of para-hydroxylation sites is 1. The number of benzene rings is 1. The summed E-state index contributed by atoms with van der Waals surface area (Å²) in [5.41, 5.74) is 1.39. The van der Waals surface area contributed by atoms with Crippen LogP contribution in [0.1, 0.15) is 26.3 Å². The van der Waals surface area contributed by atoms with E-state index in [4.69, 9.17) is 4.74 Å². The van der Waals surface area contributed by atoms with Gasteiger partial charge >= 0.3 is 5.97 Å². The number of nitrogens with zero attached hydrogens (tertiary/aromatic N) is 1. The number of carbonyl (C=O) groups is 1. The predicted molar refractivity (Wildman–Crippen MR) is 67.3 cm³/mol. The summed E-state index contributed by atoms with van der Waals surface area (Å²) >= 11 is 0. The minimum Gasteiger partial charge on any atom is -0.457 e. The summed E-state index contributed by atoms with van der Waals surface area (Å²) in [6.45, 7) is 5.52. The second kappa shape index (κ2) is 4.20. The van der Waals surface area contributed by atoms with Gasteiger partial charge < -0.3 is 10.1 Å². The van der Waals surface area contributed by atoms with Gasteiger partial charge in [0.25, 0.3) is 0 Å². The number of hydrogen-bond acceptors (Lipinski definition) is 4. The summed E-state index contributed by atoms with van der Waals surface area (Å²) in [6.07, 6.45) is 1.05. The molecule has 1 atom stereocenters. The van der Waals surface area contributed by atoms with Crippen molar-refractivity contribution in [1.29, 1.82) is 0 Å². The third-order valence-electron chi connectivity index (χ3n) is 2.25. The van der Waals surface area contributed by atoms with E-state index in [1.165, 1.54) is 0 Å². The van der Waals surface area contributed by atoms with Gasteiger partial charge in [-0.1, -0.05) is 18.2 Å². The first-order valence-corrected chi connectivity index (χ1v) is 5.57. The summed E-state index contributed by atoms with van der Waals surface area (Å²) in [5, 5.41) is 3.05. The SMILES string of the molecule is CC(C)(C)OC(=O)C1N=Cc2ccccc2N1. The van der Waals surface area contributed by atoms with Crippen LogP contribution < -0.4 is 5.32 Å². The molecule has 0 bridgehead atoms. The Balaban J connectivity index is 2.11. The second-order valence-electron chi connectivity index (χ2n) is 4.95. The van der Waals surface area contributed by atoms with E-state index < -0.39 is 11.8 Å². The van der Waals surface area contributed by atoms with Crippen molar-refractivity contribution in [2.75, 3.05) is 5.32 Å². The molecule has 1 heterocycles. The van der Waals surface area contributed by atoms with Crippen molar-refractivity contribution in [2.45, 2.75) is 32.5 Å². The van der Waals surface area contributed by atoms with E-state index in [-0.39, 0.29) is 5.97 Å². The summed E-state index contributed by atoms with van der Waals surface area (Å²) in [7, 11) is 0. The maximum Gasteiger partial charge on any atom is 0.352 e. The Kier molecular flexibility index (Phi) is 2.88. The zero-order chi connectivity index (χ0) is 12.5. The number of fused-ring (bicyclic) bond motifs is 1. The molecule has 0 spiro atoms. The van der Waals surface area contributed by atoms with Gasteiger partial charge in [0.1, 0.15) is 5.60 Å². The van der Waals surface area contributed by atoms with E-state index in [1.807, 2.05) is 45.0 Å². The van der Waals surface area contributed by atoms with Crippen LogP contribution in [-0.2, 0) is 9.53 Å². The van der Waals surface area contributed by atoms with E-state index in [1.54, 1.807) is 6.21 Å². The quantitative estimate of drug-likeness (QED) is 0.755. The number of ether oxygens (including phenoxy) is 1. The highest BCUT2D eigenvalue weighted by molar-refractivity contribution is 5.94. The van der Waals surface area contributed by atoms with Gasteiger partial charge in [-0.25, -0.2) is 4.79 Å². The van der Waals surface area contributed by atoms with Crippen LogP contribution >= 0.6 is 0 Å². The molecule has 1 unspecified atom stereocenters. The van der Waals surface area contributed by atoms with Crippen LogP contribution in [0.25, 0.3) is 0 Å². The molecule has 1 N–H and O–H groups in total. The van der Waals surface area contributed by atoms with Crippen molar-refractivity contribution in [1.82, 2.24) is 0 Å². The molecule has 0 saturated heterocycles. The molecule has 17 heavy (non-hydrogen) atoms. The number of anilines is 1. The molecule has 1 aliphatic rings. The first kappa shape index (κ1) is 11.6. The number of rotatable bonds is 1. The number of hydrogen-bond donors (Lipinski definition) is 1. The average Bonchev–Trinajstić information content (AvgIpc) is 2.26. The minimum absolute atomic E-state index is 0.358. The fourth-order valence-corrected chi connectivity index (χ4v) is 1.56. The Morgan fingerprint density at radius 3 is 2.76 bits per heavy atom. The van der Waals surface area contributed by atoms with Gasteiger partial charge in [0.15, 0.2) is 0 Å². The lowest BCUT2D eigenvalue weighted by Crippen LogP contribution is -2.36. The molecule has 0 amide bonds. The van der Waals surface area contributed by atoms with Crippen LogP contribution in [0, 0.1) is 0 Å². The van der Waals surface area contributed by atoms with Gasteiger partial charge in [0, 0.05) is 17.5 Å². The molecule has 0 radical (unpaired) electrons. The van der Waals surface area contributed by atoms with Crippen LogP contribution in [-0.4, -0.2) is 24.0 Å². The Bertz CT molecular complexity index is 461. The van der Waals surface area contributed by atoms with Gasteiger partial charge in [-0.15, -0.1) is 0 Å². The zero-order valence-electron chi connectivity index (χ0n) is 10.2. The monoisotopic (exact) mass is 232 g/mol. The number of nitrogens with one attached hydrogen (secondary N) is 1. The van der Waals surface area contributed by atoms with Crippen molar-refractivity contribution in [2.24, 2.45) is 4.99 Å². The average molecular weight is 232 g/mol. The third-order valence-corrected chi connectivity index (χ3v) is 2.25. The predicted octanol–water partition coefficient (Wildman–Crippen LogP) is 2.20. The lowest BCUT2D eigenvalue weighted by Gasteiger charge is -2.25. The van der Waals surface area contributed by atoms with Crippen molar-refractivity contribution in [3.8, 4) is 0 Å². The molecule has 1 aromatic rings. The summed E-state index contributed by atoms with van der Waals surface area (Å²) in [5.74, 6) is -0.358. The molecular weight excluding hydrogens is 216 g/mol. The first-order chi connectivity index (χ1) is 7.96. The van der Waals surface area contributed by atoms with Gasteiger partial charge in [-0.3, -0.25) is 4.99 Å². The third kappa shape index (κ3) is 2.84. The van der Waals surface area contributed by atoms with Crippen LogP contribution in [0.2, 0.25) is 0 Å². The molecule has 4 nitrogen and oxygen atoms in total. The van der Waals surface area contributed by atoms with Gasteiger partial charge in [0.2, 0.25) is 6.17 Å².